The van der Waals surface area contributed by atoms with E-state index in [9.17, 15) is 14.4 Å². The topological polar surface area (TPSA) is 79.0 Å². The fourth-order valence-electron chi connectivity index (χ4n) is 3.27. The Balaban J connectivity index is 1.37. The number of nitrogens with one attached hydrogen (secondary N) is 1. The van der Waals surface area contributed by atoms with E-state index in [1.54, 1.807) is 7.05 Å². The highest BCUT2D eigenvalue weighted by molar-refractivity contribution is 6.01. The molecule has 1 N–H and O–H groups in total. The van der Waals surface area contributed by atoms with Gasteiger partial charge in [-0.3, -0.25) is 14.5 Å². The number of ether oxygens (including phenoxy) is 1. The minimum Gasteiger partial charge on any atom is -0.372 e. The molecule has 7 nitrogen and oxygen atoms in total. The predicted molar refractivity (Wildman–Crippen MR) is 112 cm³/mol. The summed E-state index contributed by atoms with van der Waals surface area (Å²) in [6.07, 6.45) is 0.713. The van der Waals surface area contributed by atoms with Crippen molar-refractivity contribution in [1.82, 2.24) is 15.1 Å². The van der Waals surface area contributed by atoms with Crippen LogP contribution in [0.2, 0.25) is 0 Å². The van der Waals surface area contributed by atoms with E-state index in [2.05, 4.69) is 5.32 Å². The highest BCUT2D eigenvalue weighted by Gasteiger charge is 2.32. The molecule has 2 aromatic carbocycles. The molecular weight excluding hydrogens is 382 g/mol. The molecule has 1 fully saturated rings. The van der Waals surface area contributed by atoms with Gasteiger partial charge in [-0.2, -0.15) is 0 Å². The third kappa shape index (κ3) is 6.15. The maximum Gasteiger partial charge on any atom is 0.326 e. The number of rotatable bonds is 10. The second-order valence-electron chi connectivity index (χ2n) is 7.36. The summed E-state index contributed by atoms with van der Waals surface area (Å²) in [5, 5.41) is 2.89. The van der Waals surface area contributed by atoms with Crippen molar-refractivity contribution < 1.29 is 19.1 Å². The Morgan fingerprint density at radius 2 is 1.70 bits per heavy atom. The Morgan fingerprint density at radius 3 is 2.43 bits per heavy atom. The quantitative estimate of drug-likeness (QED) is 0.612. The van der Waals surface area contributed by atoms with Gasteiger partial charge in [0.05, 0.1) is 13.2 Å². The Morgan fingerprint density at radius 1 is 1.00 bits per heavy atom. The minimum atomic E-state index is -0.299. The first-order valence-corrected chi connectivity index (χ1v) is 10.0. The molecule has 1 aliphatic heterocycles. The maximum absolute atomic E-state index is 12.1. The van der Waals surface area contributed by atoms with Crippen LogP contribution in [0.15, 0.2) is 54.6 Å². The van der Waals surface area contributed by atoms with Gasteiger partial charge in [-0.1, -0.05) is 54.6 Å². The van der Waals surface area contributed by atoms with Gasteiger partial charge >= 0.3 is 6.03 Å². The van der Waals surface area contributed by atoms with E-state index < -0.39 is 0 Å². The molecule has 0 aromatic heterocycles. The van der Waals surface area contributed by atoms with Crippen LogP contribution in [-0.2, 0) is 34.1 Å². The Bertz CT molecular complexity index is 885. The Kier molecular flexibility index (Phi) is 7.57. The van der Waals surface area contributed by atoms with Crippen LogP contribution in [0.1, 0.15) is 29.5 Å². The lowest BCUT2D eigenvalue weighted by Crippen LogP contribution is -2.33. The van der Waals surface area contributed by atoms with Crippen molar-refractivity contribution in [2.24, 2.45) is 0 Å². The van der Waals surface area contributed by atoms with Crippen molar-refractivity contribution in [2.75, 3.05) is 20.1 Å². The van der Waals surface area contributed by atoms with E-state index >= 15 is 0 Å². The van der Waals surface area contributed by atoms with Gasteiger partial charge in [0.25, 0.3) is 0 Å². The lowest BCUT2D eigenvalue weighted by molar-refractivity contribution is -0.126. The number of amides is 4. The van der Waals surface area contributed by atoms with E-state index in [1.807, 2.05) is 54.6 Å². The van der Waals surface area contributed by atoms with E-state index in [0.717, 1.165) is 16.7 Å². The van der Waals surface area contributed by atoms with Gasteiger partial charge in [0.1, 0.15) is 6.54 Å². The molecule has 4 amide bonds. The highest BCUT2D eigenvalue weighted by atomic mass is 16.5. The molecule has 1 saturated heterocycles. The molecule has 158 valence electrons. The molecule has 1 heterocycles. The fraction of sp³-hybridized carbons (Fsp3) is 0.348. The van der Waals surface area contributed by atoms with Gasteiger partial charge in [-0.15, -0.1) is 0 Å². The number of benzene rings is 2. The zero-order valence-corrected chi connectivity index (χ0v) is 17.2. The summed E-state index contributed by atoms with van der Waals surface area (Å²) in [7, 11) is 1.59. The van der Waals surface area contributed by atoms with Crippen molar-refractivity contribution in [2.45, 2.75) is 32.6 Å². The average Bonchev–Trinajstić information content (AvgIpc) is 2.99. The molecule has 0 aliphatic carbocycles. The zero-order valence-electron chi connectivity index (χ0n) is 17.2. The molecule has 7 heteroatoms. The summed E-state index contributed by atoms with van der Waals surface area (Å²) in [5.74, 6) is -0.317. The SMILES string of the molecule is CN1CC(=O)N(CCCC(=O)NCc2cccc(COCc3ccccc3)c2)C1=O. The van der Waals surface area contributed by atoms with Crippen LogP contribution >= 0.6 is 0 Å². The van der Waals surface area contributed by atoms with Crippen LogP contribution in [0, 0.1) is 0 Å². The first-order chi connectivity index (χ1) is 14.5. The molecule has 0 spiro atoms. The van der Waals surface area contributed by atoms with Gasteiger partial charge in [-0.05, 0) is 23.1 Å². The van der Waals surface area contributed by atoms with Crippen molar-refractivity contribution >= 4 is 17.8 Å². The molecule has 0 bridgehead atoms. The van der Waals surface area contributed by atoms with E-state index in [1.165, 1.54) is 9.80 Å². The van der Waals surface area contributed by atoms with Gasteiger partial charge in [0.2, 0.25) is 11.8 Å². The molecular formula is C23H27N3O4. The number of hydrogen-bond acceptors (Lipinski definition) is 4. The van der Waals surface area contributed by atoms with Crippen LogP contribution in [-0.4, -0.2) is 47.8 Å². The Labute approximate surface area is 176 Å². The van der Waals surface area contributed by atoms with Gasteiger partial charge in [0, 0.05) is 26.6 Å². The summed E-state index contributed by atoms with van der Waals surface area (Å²) in [4.78, 5) is 38.2. The largest absolute Gasteiger partial charge is 0.372 e. The number of imide groups is 1. The van der Waals surface area contributed by atoms with Gasteiger partial charge < -0.3 is 15.0 Å². The van der Waals surface area contributed by atoms with Gasteiger partial charge in [0.15, 0.2) is 0 Å². The van der Waals surface area contributed by atoms with Crippen molar-refractivity contribution in [3.05, 3.63) is 71.3 Å². The normalized spacial score (nSPS) is 13.8. The third-order valence-corrected chi connectivity index (χ3v) is 4.88. The Hall–Kier alpha value is -3.19. The predicted octanol–water partition coefficient (Wildman–Crippen LogP) is 2.69. The summed E-state index contributed by atoms with van der Waals surface area (Å²) < 4.78 is 5.76. The summed E-state index contributed by atoms with van der Waals surface area (Å²) in [6, 6.07) is 17.6. The first-order valence-electron chi connectivity index (χ1n) is 10.0. The monoisotopic (exact) mass is 409 g/mol. The van der Waals surface area contributed by atoms with Crippen LogP contribution in [0.3, 0.4) is 0 Å². The molecule has 2 aromatic rings. The van der Waals surface area contributed by atoms with Crippen molar-refractivity contribution in [1.29, 1.82) is 0 Å². The second kappa shape index (κ2) is 10.5. The molecule has 1 aliphatic rings. The van der Waals surface area contributed by atoms with E-state index in [0.29, 0.717) is 26.2 Å². The summed E-state index contributed by atoms with van der Waals surface area (Å²) in [5.41, 5.74) is 3.17. The molecule has 0 radical (unpaired) electrons. The second-order valence-corrected chi connectivity index (χ2v) is 7.36. The van der Waals surface area contributed by atoms with Crippen LogP contribution in [0.5, 0.6) is 0 Å². The summed E-state index contributed by atoms with van der Waals surface area (Å²) in [6.45, 7) is 1.86. The number of nitrogens with zero attached hydrogens (tertiary/aromatic N) is 2. The standard InChI is InChI=1S/C23H27N3O4/c1-25-15-22(28)26(23(25)29)12-6-11-21(27)24-14-19-9-5-10-20(13-19)17-30-16-18-7-3-2-4-8-18/h2-5,7-10,13H,6,11-12,14-17H2,1H3,(H,24,27). The number of carbonyl (C=O) groups excluding carboxylic acids is 3. The summed E-state index contributed by atoms with van der Waals surface area (Å²) >= 11 is 0. The van der Waals surface area contributed by atoms with Crippen LogP contribution in [0.25, 0.3) is 0 Å². The van der Waals surface area contributed by atoms with Crippen molar-refractivity contribution in [3.8, 4) is 0 Å². The number of hydrogen-bond donors (Lipinski definition) is 1. The fourth-order valence-corrected chi connectivity index (χ4v) is 3.27. The maximum atomic E-state index is 12.1. The number of carbonyl (C=O) groups is 3. The molecule has 0 unspecified atom stereocenters. The molecule has 30 heavy (non-hydrogen) atoms. The van der Waals surface area contributed by atoms with E-state index in [4.69, 9.17) is 4.74 Å². The van der Waals surface area contributed by atoms with E-state index in [-0.39, 0.29) is 37.4 Å². The van der Waals surface area contributed by atoms with Crippen LogP contribution in [0.4, 0.5) is 4.79 Å². The lowest BCUT2D eigenvalue weighted by Gasteiger charge is -2.13. The van der Waals surface area contributed by atoms with Gasteiger partial charge in [-0.25, -0.2) is 4.79 Å². The van der Waals surface area contributed by atoms with Crippen LogP contribution < -0.4 is 5.32 Å². The molecule has 3 rings (SSSR count). The highest BCUT2D eigenvalue weighted by Crippen LogP contribution is 2.10. The third-order valence-electron chi connectivity index (χ3n) is 4.88. The molecule has 0 atom stereocenters. The smallest absolute Gasteiger partial charge is 0.326 e. The first kappa shape index (κ1) is 21.5. The average molecular weight is 409 g/mol. The zero-order chi connectivity index (χ0) is 21.3. The number of urea groups is 1. The minimum absolute atomic E-state index is 0.104. The molecule has 0 saturated carbocycles. The number of likely N-dealkylation sites (N-methyl/N-ethyl adjacent to an activating group) is 1. The van der Waals surface area contributed by atoms with Crippen molar-refractivity contribution in [3.63, 3.8) is 0 Å². The lowest BCUT2D eigenvalue weighted by atomic mass is 10.1.